The number of fused-ring (bicyclic) bond motifs is 3. The molecule has 1 atom stereocenters. The second-order valence-electron chi connectivity index (χ2n) is 5.49. The highest BCUT2D eigenvalue weighted by Gasteiger charge is 2.10. The fraction of sp³-hybridized carbons (Fsp3) is 0.333. The van der Waals surface area contributed by atoms with Crippen LogP contribution in [0.2, 0.25) is 0 Å². The second-order valence-corrected chi connectivity index (χ2v) is 5.49. The number of aryl methyl sites for hydroxylation is 1. The topological polar surface area (TPSA) is 30.9 Å². The quantitative estimate of drug-likeness (QED) is 0.757. The highest BCUT2D eigenvalue weighted by atomic mass is 15.0. The predicted octanol–water partition coefficient (Wildman–Crippen LogP) is 4.09. The highest BCUT2D eigenvalue weighted by Crippen LogP contribution is 2.29. The van der Waals surface area contributed by atoms with E-state index in [1.807, 2.05) is 0 Å². The number of rotatable bonds is 4. The van der Waals surface area contributed by atoms with Crippen molar-refractivity contribution in [1.29, 1.82) is 0 Å². The molecule has 0 aliphatic carbocycles. The summed E-state index contributed by atoms with van der Waals surface area (Å²) in [4.78, 5) is 0. The fourth-order valence-electron chi connectivity index (χ4n) is 3.02. The zero-order valence-corrected chi connectivity index (χ0v) is 12.3. The van der Waals surface area contributed by atoms with Crippen LogP contribution in [0.3, 0.4) is 0 Å². The van der Waals surface area contributed by atoms with Crippen LogP contribution < -0.4 is 5.73 Å². The Morgan fingerprint density at radius 2 is 1.75 bits per heavy atom. The number of hydrogen-bond donors (Lipinski definition) is 1. The van der Waals surface area contributed by atoms with E-state index in [0.717, 1.165) is 19.4 Å². The van der Waals surface area contributed by atoms with E-state index < -0.39 is 0 Å². The van der Waals surface area contributed by atoms with Gasteiger partial charge in [-0.25, -0.2) is 0 Å². The molecule has 0 aliphatic heterocycles. The van der Waals surface area contributed by atoms with Gasteiger partial charge < -0.3 is 10.3 Å². The van der Waals surface area contributed by atoms with Crippen LogP contribution in [0.15, 0.2) is 42.5 Å². The monoisotopic (exact) mass is 266 g/mol. The van der Waals surface area contributed by atoms with Crippen molar-refractivity contribution in [2.24, 2.45) is 5.73 Å². The Balaban J connectivity index is 2.21. The smallest absolute Gasteiger partial charge is 0.0491 e. The molecule has 0 saturated heterocycles. The van der Waals surface area contributed by atoms with E-state index in [4.69, 9.17) is 5.73 Å². The molecule has 3 aromatic rings. The van der Waals surface area contributed by atoms with Gasteiger partial charge >= 0.3 is 0 Å². The molecule has 20 heavy (non-hydrogen) atoms. The molecule has 0 saturated carbocycles. The van der Waals surface area contributed by atoms with Gasteiger partial charge in [-0.05, 0) is 43.5 Å². The summed E-state index contributed by atoms with van der Waals surface area (Å²) >= 11 is 0. The van der Waals surface area contributed by atoms with E-state index in [1.165, 1.54) is 27.4 Å². The molecule has 1 unspecified atom stereocenters. The first kappa shape index (κ1) is 13.2. The summed E-state index contributed by atoms with van der Waals surface area (Å²) in [5, 5.41) is 2.69. The van der Waals surface area contributed by atoms with Crippen molar-refractivity contribution in [2.75, 3.05) is 0 Å². The largest absolute Gasteiger partial charge is 0.341 e. The lowest BCUT2D eigenvalue weighted by molar-refractivity contribution is 0.647. The van der Waals surface area contributed by atoms with Crippen molar-refractivity contribution in [3.05, 3.63) is 48.0 Å². The molecule has 3 rings (SSSR count). The van der Waals surface area contributed by atoms with Crippen molar-refractivity contribution >= 4 is 21.8 Å². The highest BCUT2D eigenvalue weighted by molar-refractivity contribution is 6.08. The van der Waals surface area contributed by atoms with Crippen LogP contribution in [0.4, 0.5) is 0 Å². The summed E-state index contributed by atoms with van der Waals surface area (Å²) in [5.41, 5.74) is 10.1. The minimum atomic E-state index is 0.256. The van der Waals surface area contributed by atoms with Crippen molar-refractivity contribution in [3.8, 4) is 0 Å². The zero-order chi connectivity index (χ0) is 14.1. The number of hydrogen-bond acceptors (Lipinski definition) is 1. The third-order valence-corrected chi connectivity index (χ3v) is 4.18. The first-order chi connectivity index (χ1) is 9.74. The third-order valence-electron chi connectivity index (χ3n) is 4.18. The Morgan fingerprint density at radius 1 is 1.00 bits per heavy atom. The number of benzene rings is 2. The van der Waals surface area contributed by atoms with Crippen molar-refractivity contribution in [3.63, 3.8) is 0 Å². The van der Waals surface area contributed by atoms with E-state index in [9.17, 15) is 0 Å². The number of para-hydroxylation sites is 1. The van der Waals surface area contributed by atoms with E-state index in [1.54, 1.807) is 0 Å². The van der Waals surface area contributed by atoms with Crippen LogP contribution >= 0.6 is 0 Å². The fourth-order valence-corrected chi connectivity index (χ4v) is 3.02. The first-order valence-corrected chi connectivity index (χ1v) is 7.50. The van der Waals surface area contributed by atoms with Crippen LogP contribution in [-0.2, 0) is 13.0 Å². The minimum absolute atomic E-state index is 0.256. The van der Waals surface area contributed by atoms with Crippen molar-refractivity contribution in [2.45, 2.75) is 39.3 Å². The Bertz CT molecular complexity index is 740. The Labute approximate surface area is 120 Å². The van der Waals surface area contributed by atoms with E-state index in [-0.39, 0.29) is 6.04 Å². The lowest BCUT2D eigenvalue weighted by Gasteiger charge is -2.09. The lowest BCUT2D eigenvalue weighted by Crippen LogP contribution is -2.21. The van der Waals surface area contributed by atoms with Crippen molar-refractivity contribution < 1.29 is 0 Å². The summed E-state index contributed by atoms with van der Waals surface area (Å²) in [5.74, 6) is 0. The maximum Gasteiger partial charge on any atom is 0.0491 e. The number of nitrogens with zero attached hydrogens (tertiary/aromatic N) is 1. The molecule has 0 bridgehead atoms. The summed E-state index contributed by atoms with van der Waals surface area (Å²) in [6.45, 7) is 5.34. The average molecular weight is 266 g/mol. The molecule has 0 aliphatic rings. The Hall–Kier alpha value is -1.80. The van der Waals surface area contributed by atoms with E-state index in [2.05, 4.69) is 60.9 Å². The molecular weight excluding hydrogens is 244 g/mol. The van der Waals surface area contributed by atoms with Crippen LogP contribution in [-0.4, -0.2) is 10.6 Å². The summed E-state index contributed by atoms with van der Waals surface area (Å²) in [6.07, 6.45) is 1.98. The molecule has 0 amide bonds. The van der Waals surface area contributed by atoms with Crippen LogP contribution in [0, 0.1) is 0 Å². The minimum Gasteiger partial charge on any atom is -0.341 e. The standard InChI is InChI=1S/C18H22N2/c1-3-14(19)11-13-9-10-18-16(12-13)15-7-5-6-8-17(15)20(18)4-2/h5-10,12,14H,3-4,11,19H2,1-2H3. The van der Waals surface area contributed by atoms with Gasteiger partial charge in [-0.3, -0.25) is 0 Å². The van der Waals surface area contributed by atoms with Crippen LogP contribution in [0.5, 0.6) is 0 Å². The van der Waals surface area contributed by atoms with E-state index in [0.29, 0.717) is 0 Å². The molecule has 1 aromatic heterocycles. The molecule has 0 spiro atoms. The van der Waals surface area contributed by atoms with Crippen LogP contribution in [0.1, 0.15) is 25.8 Å². The molecule has 104 valence electrons. The molecule has 0 radical (unpaired) electrons. The first-order valence-electron chi connectivity index (χ1n) is 7.50. The van der Waals surface area contributed by atoms with Gasteiger partial charge in [0.15, 0.2) is 0 Å². The van der Waals surface area contributed by atoms with Gasteiger partial charge in [0.05, 0.1) is 0 Å². The van der Waals surface area contributed by atoms with Gasteiger partial charge in [-0.1, -0.05) is 31.2 Å². The van der Waals surface area contributed by atoms with Gasteiger partial charge in [0.25, 0.3) is 0 Å². The van der Waals surface area contributed by atoms with Gasteiger partial charge in [0.1, 0.15) is 0 Å². The van der Waals surface area contributed by atoms with Gasteiger partial charge in [0, 0.05) is 34.4 Å². The molecule has 2 N–H and O–H groups in total. The maximum absolute atomic E-state index is 6.09. The van der Waals surface area contributed by atoms with E-state index >= 15 is 0 Å². The summed E-state index contributed by atoms with van der Waals surface area (Å²) in [7, 11) is 0. The summed E-state index contributed by atoms with van der Waals surface area (Å²) < 4.78 is 2.38. The molecule has 0 fully saturated rings. The average Bonchev–Trinajstić information content (AvgIpc) is 2.80. The van der Waals surface area contributed by atoms with Gasteiger partial charge in [-0.15, -0.1) is 0 Å². The SMILES string of the molecule is CCC(N)Cc1ccc2c(c1)c1ccccc1n2CC. The second kappa shape index (κ2) is 5.29. The normalized spacial score (nSPS) is 13.2. The third kappa shape index (κ3) is 2.10. The summed E-state index contributed by atoms with van der Waals surface area (Å²) in [6, 6.07) is 15.7. The van der Waals surface area contributed by atoms with Gasteiger partial charge in [-0.2, -0.15) is 0 Å². The van der Waals surface area contributed by atoms with Crippen molar-refractivity contribution in [1.82, 2.24) is 4.57 Å². The predicted molar refractivity (Wildman–Crippen MR) is 87.1 cm³/mol. The molecular formula is C18H22N2. The number of nitrogens with two attached hydrogens (primary N) is 1. The molecule has 2 aromatic carbocycles. The van der Waals surface area contributed by atoms with Gasteiger partial charge in [0.2, 0.25) is 0 Å². The Kier molecular flexibility index (Phi) is 3.49. The van der Waals surface area contributed by atoms with Crippen LogP contribution in [0.25, 0.3) is 21.8 Å². The molecule has 2 nitrogen and oxygen atoms in total. The molecule has 2 heteroatoms. The lowest BCUT2D eigenvalue weighted by atomic mass is 10.0. The maximum atomic E-state index is 6.09. The number of aromatic nitrogens is 1. The zero-order valence-electron chi connectivity index (χ0n) is 12.3. The Morgan fingerprint density at radius 3 is 2.50 bits per heavy atom. The molecule has 1 heterocycles.